The van der Waals surface area contributed by atoms with Crippen LogP contribution in [0.1, 0.15) is 55.3 Å². The average Bonchev–Trinajstić information content (AvgIpc) is 3.48. The predicted octanol–water partition coefficient (Wildman–Crippen LogP) is 1.73. The Labute approximate surface area is 211 Å². The van der Waals surface area contributed by atoms with Crippen molar-refractivity contribution in [2.75, 3.05) is 13.6 Å². The molecular weight excluding hydrogens is 461 g/mol. The first-order valence-electron chi connectivity index (χ1n) is 12.3. The maximum atomic E-state index is 14.5. The average molecular weight is 498 g/mol. The topological polar surface area (TPSA) is 115 Å². The Morgan fingerprint density at radius 1 is 1.31 bits per heavy atom. The first kappa shape index (κ1) is 25.7. The number of hydrogen-bond acceptors (Lipinski definition) is 7. The fourth-order valence-corrected chi connectivity index (χ4v) is 5.05. The molecule has 0 aromatic heterocycles. The Balaban J connectivity index is 1.61. The van der Waals surface area contributed by atoms with E-state index >= 15 is 0 Å². The number of aryl methyl sites for hydroxylation is 1. The molecule has 0 aliphatic carbocycles. The number of likely N-dealkylation sites (N-methyl/N-ethyl adjacent to an activating group) is 1. The van der Waals surface area contributed by atoms with Crippen molar-refractivity contribution in [1.82, 2.24) is 31.5 Å². The van der Waals surface area contributed by atoms with E-state index in [0.29, 0.717) is 11.6 Å². The summed E-state index contributed by atoms with van der Waals surface area (Å²) >= 11 is 0. The Bertz CT molecular complexity index is 1100. The highest BCUT2D eigenvalue weighted by molar-refractivity contribution is 5.89. The summed E-state index contributed by atoms with van der Waals surface area (Å²) in [6, 6.07) is 4.73. The van der Waals surface area contributed by atoms with Gasteiger partial charge in [-0.05, 0) is 41.2 Å². The number of halogens is 1. The highest BCUT2D eigenvalue weighted by Crippen LogP contribution is 2.31. The number of benzene rings is 1. The van der Waals surface area contributed by atoms with Gasteiger partial charge in [-0.3, -0.25) is 9.59 Å². The number of carbonyl (C=O) groups is 2. The van der Waals surface area contributed by atoms with Crippen LogP contribution in [0.3, 0.4) is 0 Å². The highest BCUT2D eigenvalue weighted by atomic mass is 19.1. The maximum Gasteiger partial charge on any atom is 0.243 e. The molecule has 4 atom stereocenters. The molecule has 0 bridgehead atoms. The van der Waals surface area contributed by atoms with Gasteiger partial charge in [-0.1, -0.05) is 38.1 Å². The number of carbonyl (C=O) groups excluding carboxylic acids is 2. The number of amides is 2. The monoisotopic (exact) mass is 497 g/mol. The lowest BCUT2D eigenvalue weighted by molar-refractivity contribution is -0.138. The third kappa shape index (κ3) is 5.39. The number of allylic oxidation sites excluding steroid dienone is 2. The highest BCUT2D eigenvalue weighted by Gasteiger charge is 2.41. The molecule has 9 nitrogen and oxygen atoms in total. The van der Waals surface area contributed by atoms with Crippen LogP contribution in [0.2, 0.25) is 0 Å². The van der Waals surface area contributed by atoms with Crippen molar-refractivity contribution < 1.29 is 14.0 Å². The van der Waals surface area contributed by atoms with Gasteiger partial charge >= 0.3 is 0 Å². The summed E-state index contributed by atoms with van der Waals surface area (Å²) in [7, 11) is 1.88. The Hall–Kier alpha value is -3.37. The van der Waals surface area contributed by atoms with Crippen molar-refractivity contribution in [3.8, 4) is 0 Å². The van der Waals surface area contributed by atoms with Crippen LogP contribution in [0, 0.1) is 6.92 Å². The van der Waals surface area contributed by atoms with Crippen molar-refractivity contribution in [3.05, 3.63) is 70.7 Å². The van der Waals surface area contributed by atoms with Crippen LogP contribution < -0.4 is 27.4 Å². The standard InChI is InChI=1S/C26H36FN7O2/c1-15(2)20-8-7-17(10-16(20)3)24(21-6-5-9-33(4)25(21)28)30-26(36)22-11-18(27)14-34(22)23(35)12-19-13-29-32-31-19/h5-10,13,15,18,22,24-25,29,31-32H,11-12,14,28H2,1-4H3,(H,30,36)/t18-,22+,24?,25?/m1/s1. The lowest BCUT2D eigenvalue weighted by Gasteiger charge is -2.35. The van der Waals surface area contributed by atoms with E-state index in [-0.39, 0.29) is 25.3 Å². The Morgan fingerprint density at radius 2 is 2.08 bits per heavy atom. The van der Waals surface area contributed by atoms with E-state index < -0.39 is 30.3 Å². The zero-order chi connectivity index (χ0) is 26.0. The quantitative estimate of drug-likeness (QED) is 0.390. The van der Waals surface area contributed by atoms with Crippen molar-refractivity contribution >= 4 is 11.8 Å². The minimum Gasteiger partial charge on any atom is -0.362 e. The summed E-state index contributed by atoms with van der Waals surface area (Å²) in [6.07, 6.45) is 5.58. The molecule has 0 spiro atoms. The SMILES string of the molecule is Cc1cc(C(NC(=O)[C@@H]2C[C@@H](F)CN2C(=O)CC2=CNNN2)C2=CC=CN(C)C2N)ccc1C(C)C. The van der Waals surface area contributed by atoms with Gasteiger partial charge in [0.05, 0.1) is 24.7 Å². The minimum atomic E-state index is -1.26. The van der Waals surface area contributed by atoms with Crippen LogP contribution in [0.4, 0.5) is 4.39 Å². The third-order valence-electron chi connectivity index (χ3n) is 7.02. The molecular formula is C26H36FN7O2. The number of nitrogens with one attached hydrogen (secondary N) is 4. The second-order valence-electron chi connectivity index (χ2n) is 9.97. The van der Waals surface area contributed by atoms with Gasteiger partial charge in [0, 0.05) is 25.9 Å². The number of alkyl halides is 1. The largest absolute Gasteiger partial charge is 0.362 e. The van der Waals surface area contributed by atoms with E-state index in [1.54, 1.807) is 6.20 Å². The zero-order valence-electron chi connectivity index (χ0n) is 21.2. The van der Waals surface area contributed by atoms with E-state index in [1.165, 1.54) is 10.5 Å². The third-order valence-corrected chi connectivity index (χ3v) is 7.02. The smallest absolute Gasteiger partial charge is 0.243 e. The number of hydrogen-bond donors (Lipinski definition) is 5. The van der Waals surface area contributed by atoms with Crippen LogP contribution in [0.15, 0.2) is 54.0 Å². The van der Waals surface area contributed by atoms with Crippen LogP contribution in [0.25, 0.3) is 0 Å². The van der Waals surface area contributed by atoms with E-state index in [2.05, 4.69) is 54.6 Å². The first-order valence-corrected chi connectivity index (χ1v) is 12.3. The predicted molar refractivity (Wildman–Crippen MR) is 136 cm³/mol. The molecule has 0 saturated carbocycles. The van der Waals surface area contributed by atoms with E-state index in [1.807, 2.05) is 36.4 Å². The maximum absolute atomic E-state index is 14.5. The number of nitrogens with zero attached hydrogens (tertiary/aromatic N) is 2. The molecule has 2 amide bonds. The summed E-state index contributed by atoms with van der Waals surface area (Å²) in [5, 5.41) is 3.11. The van der Waals surface area contributed by atoms with Crippen molar-refractivity contribution in [3.63, 3.8) is 0 Å². The van der Waals surface area contributed by atoms with Crippen LogP contribution in [-0.2, 0) is 9.59 Å². The lowest BCUT2D eigenvalue weighted by atomic mass is 9.89. The molecule has 3 heterocycles. The van der Waals surface area contributed by atoms with E-state index in [4.69, 9.17) is 5.73 Å². The number of hydrazine groups is 2. The number of rotatable bonds is 7. The normalized spacial score (nSPS) is 24.2. The molecule has 1 fully saturated rings. The minimum absolute atomic E-state index is 0.0292. The number of likely N-dealkylation sites (tertiary alicyclic amines) is 1. The van der Waals surface area contributed by atoms with Gasteiger partial charge in [-0.25, -0.2) is 4.39 Å². The summed E-state index contributed by atoms with van der Waals surface area (Å²) < 4.78 is 14.5. The lowest BCUT2D eigenvalue weighted by Crippen LogP contribution is -2.49. The second-order valence-corrected chi connectivity index (χ2v) is 9.97. The van der Waals surface area contributed by atoms with Crippen LogP contribution >= 0.6 is 0 Å². The summed E-state index contributed by atoms with van der Waals surface area (Å²) in [5.74, 6) is -0.342. The molecule has 3 aliphatic heterocycles. The van der Waals surface area contributed by atoms with E-state index in [0.717, 1.165) is 16.7 Å². The van der Waals surface area contributed by atoms with Crippen LogP contribution in [-0.4, -0.2) is 53.6 Å². The molecule has 1 aromatic carbocycles. The van der Waals surface area contributed by atoms with Crippen molar-refractivity contribution in [2.24, 2.45) is 5.73 Å². The second kappa shape index (κ2) is 10.7. The summed E-state index contributed by atoms with van der Waals surface area (Å²) in [5.41, 5.74) is 19.4. The van der Waals surface area contributed by atoms with Crippen molar-refractivity contribution in [2.45, 2.75) is 64.0 Å². The van der Waals surface area contributed by atoms with Gasteiger partial charge < -0.3 is 31.7 Å². The van der Waals surface area contributed by atoms with Gasteiger partial charge in [0.15, 0.2) is 0 Å². The fraction of sp³-hybridized carbons (Fsp3) is 0.462. The van der Waals surface area contributed by atoms with Gasteiger partial charge in [0.2, 0.25) is 11.8 Å². The molecule has 10 heteroatoms. The molecule has 194 valence electrons. The molecule has 4 rings (SSSR count). The van der Waals surface area contributed by atoms with Gasteiger partial charge in [-0.2, -0.15) is 5.53 Å². The Kier molecular flexibility index (Phi) is 7.65. The summed E-state index contributed by atoms with van der Waals surface area (Å²) in [4.78, 5) is 29.8. The number of nitrogens with two attached hydrogens (primary N) is 1. The van der Waals surface area contributed by atoms with Gasteiger partial charge in [-0.15, -0.1) is 0 Å². The van der Waals surface area contributed by atoms with E-state index in [9.17, 15) is 14.0 Å². The first-order chi connectivity index (χ1) is 17.2. The molecule has 6 N–H and O–H groups in total. The molecule has 0 radical (unpaired) electrons. The molecule has 1 aromatic rings. The molecule has 3 aliphatic rings. The fourth-order valence-electron chi connectivity index (χ4n) is 5.05. The molecule has 36 heavy (non-hydrogen) atoms. The molecule has 1 saturated heterocycles. The zero-order valence-corrected chi connectivity index (χ0v) is 21.2. The van der Waals surface area contributed by atoms with Gasteiger partial charge in [0.25, 0.3) is 0 Å². The molecule has 2 unspecified atom stereocenters. The van der Waals surface area contributed by atoms with Crippen molar-refractivity contribution in [1.29, 1.82) is 0 Å². The van der Waals surface area contributed by atoms with Crippen LogP contribution in [0.5, 0.6) is 0 Å². The van der Waals surface area contributed by atoms with Gasteiger partial charge in [0.1, 0.15) is 18.4 Å². The summed E-state index contributed by atoms with van der Waals surface area (Å²) in [6.45, 7) is 6.23. The Morgan fingerprint density at radius 3 is 2.75 bits per heavy atom.